The van der Waals surface area contributed by atoms with Crippen molar-refractivity contribution in [1.82, 2.24) is 9.78 Å². The number of hydrogen-bond acceptors (Lipinski definition) is 3. The molecule has 1 heterocycles. The summed E-state index contributed by atoms with van der Waals surface area (Å²) in [4.78, 5) is 10.8. The van der Waals surface area contributed by atoms with Gasteiger partial charge >= 0.3 is 5.97 Å². The van der Waals surface area contributed by atoms with E-state index in [9.17, 15) is 4.79 Å². The number of anilines is 1. The number of nitrogens with one attached hydrogen (secondary N) is 1. The second-order valence-electron chi connectivity index (χ2n) is 7.24. The van der Waals surface area contributed by atoms with Crippen molar-refractivity contribution < 1.29 is 9.90 Å². The van der Waals surface area contributed by atoms with Gasteiger partial charge in [-0.25, -0.2) is 0 Å². The lowest BCUT2D eigenvalue weighted by atomic mass is 10.1. The smallest absolute Gasteiger partial charge is 0.303 e. The molecule has 0 unspecified atom stereocenters. The van der Waals surface area contributed by atoms with Crippen LogP contribution >= 0.6 is 0 Å². The van der Waals surface area contributed by atoms with Gasteiger partial charge in [0.2, 0.25) is 0 Å². The van der Waals surface area contributed by atoms with Gasteiger partial charge in [-0.15, -0.1) is 0 Å². The standard InChI is InChI=1S/C23H27N3O2/c1-16-7-9-20(10-8-16)15-26-18(3)22(17(2)25-26)14-24-21-6-4-5-19(13-21)11-12-23(27)28/h4-10,13,24H,11-12,14-15H2,1-3H3,(H,27,28). The number of carbonyl (C=O) groups is 1. The van der Waals surface area contributed by atoms with E-state index in [4.69, 9.17) is 10.2 Å². The molecular weight excluding hydrogens is 350 g/mol. The number of aromatic nitrogens is 2. The number of benzene rings is 2. The maximum atomic E-state index is 10.8. The van der Waals surface area contributed by atoms with E-state index in [1.165, 1.54) is 16.7 Å². The molecule has 0 saturated heterocycles. The Labute approximate surface area is 166 Å². The SMILES string of the molecule is Cc1ccc(Cn2nc(C)c(CNc3cccc(CCC(=O)O)c3)c2C)cc1. The van der Waals surface area contributed by atoms with Crippen LogP contribution < -0.4 is 5.32 Å². The van der Waals surface area contributed by atoms with E-state index < -0.39 is 5.97 Å². The summed E-state index contributed by atoms with van der Waals surface area (Å²) in [5.74, 6) is -0.773. The Morgan fingerprint density at radius 3 is 2.54 bits per heavy atom. The van der Waals surface area contributed by atoms with Crippen molar-refractivity contribution in [2.75, 3.05) is 5.32 Å². The molecule has 28 heavy (non-hydrogen) atoms. The minimum atomic E-state index is -0.773. The molecule has 5 nitrogen and oxygen atoms in total. The first-order chi connectivity index (χ1) is 13.4. The lowest BCUT2D eigenvalue weighted by Crippen LogP contribution is -2.06. The van der Waals surface area contributed by atoms with E-state index in [0.717, 1.165) is 29.2 Å². The summed E-state index contributed by atoms with van der Waals surface area (Å²) < 4.78 is 2.06. The molecule has 0 fully saturated rings. The zero-order chi connectivity index (χ0) is 20.1. The van der Waals surface area contributed by atoms with Gasteiger partial charge in [0.1, 0.15) is 0 Å². The van der Waals surface area contributed by atoms with Crippen LogP contribution in [0.25, 0.3) is 0 Å². The number of aliphatic carboxylic acids is 1. The van der Waals surface area contributed by atoms with Crippen LogP contribution in [0.15, 0.2) is 48.5 Å². The first kappa shape index (κ1) is 19.7. The van der Waals surface area contributed by atoms with Crippen molar-refractivity contribution in [1.29, 1.82) is 0 Å². The third kappa shape index (κ3) is 5.00. The summed E-state index contributed by atoms with van der Waals surface area (Å²) in [7, 11) is 0. The van der Waals surface area contributed by atoms with Gasteiger partial charge in [-0.2, -0.15) is 5.10 Å². The summed E-state index contributed by atoms with van der Waals surface area (Å²) in [6, 6.07) is 16.5. The minimum absolute atomic E-state index is 0.146. The van der Waals surface area contributed by atoms with Crippen molar-refractivity contribution in [2.24, 2.45) is 0 Å². The number of rotatable bonds is 8. The summed E-state index contributed by atoms with van der Waals surface area (Å²) in [6.45, 7) is 7.69. The third-order valence-electron chi connectivity index (χ3n) is 5.01. The molecule has 0 aliphatic carbocycles. The first-order valence-electron chi connectivity index (χ1n) is 9.55. The fourth-order valence-electron chi connectivity index (χ4n) is 3.29. The Morgan fingerprint density at radius 1 is 1.07 bits per heavy atom. The van der Waals surface area contributed by atoms with E-state index in [1.54, 1.807) is 0 Å². The maximum Gasteiger partial charge on any atom is 0.303 e. The molecule has 5 heteroatoms. The Bertz CT molecular complexity index is 958. The summed E-state index contributed by atoms with van der Waals surface area (Å²) in [5.41, 5.74) is 7.90. The molecule has 2 N–H and O–H groups in total. The molecule has 2 aromatic carbocycles. The van der Waals surface area contributed by atoms with Gasteiger partial charge < -0.3 is 10.4 Å². The molecule has 0 aliphatic heterocycles. The lowest BCUT2D eigenvalue weighted by molar-refractivity contribution is -0.136. The Morgan fingerprint density at radius 2 is 1.82 bits per heavy atom. The molecule has 0 saturated carbocycles. The number of hydrogen-bond donors (Lipinski definition) is 2. The molecule has 0 bridgehead atoms. The Balaban J connectivity index is 1.68. The molecule has 3 aromatic rings. The van der Waals surface area contributed by atoms with Gasteiger partial charge in [-0.05, 0) is 50.5 Å². The molecule has 0 atom stereocenters. The molecule has 0 radical (unpaired) electrons. The van der Waals surface area contributed by atoms with Crippen molar-refractivity contribution >= 4 is 11.7 Å². The number of aryl methyl sites for hydroxylation is 3. The maximum absolute atomic E-state index is 10.8. The van der Waals surface area contributed by atoms with Gasteiger partial charge in [0.15, 0.2) is 0 Å². The molecule has 0 amide bonds. The third-order valence-corrected chi connectivity index (χ3v) is 5.01. The molecule has 1 aromatic heterocycles. The van der Waals surface area contributed by atoms with Gasteiger partial charge in [-0.3, -0.25) is 9.48 Å². The molecule has 146 valence electrons. The van der Waals surface area contributed by atoms with Crippen molar-refractivity contribution in [3.05, 3.63) is 82.2 Å². The fourth-order valence-corrected chi connectivity index (χ4v) is 3.29. The largest absolute Gasteiger partial charge is 0.481 e. The monoisotopic (exact) mass is 377 g/mol. The summed E-state index contributed by atoms with van der Waals surface area (Å²) in [6.07, 6.45) is 0.685. The van der Waals surface area contributed by atoms with Gasteiger partial charge in [0, 0.05) is 29.9 Å². The topological polar surface area (TPSA) is 67.2 Å². The molecule has 0 spiro atoms. The van der Waals surface area contributed by atoms with Crippen LogP contribution in [0.2, 0.25) is 0 Å². The number of carboxylic acids is 1. The van der Waals surface area contributed by atoms with Crippen LogP contribution in [0.4, 0.5) is 5.69 Å². The Kier molecular flexibility index (Phi) is 6.14. The van der Waals surface area contributed by atoms with E-state index >= 15 is 0 Å². The second kappa shape index (κ2) is 8.74. The quantitative estimate of drug-likeness (QED) is 0.607. The number of nitrogens with zero attached hydrogens (tertiary/aromatic N) is 2. The van der Waals surface area contributed by atoms with Crippen molar-refractivity contribution in [3.8, 4) is 0 Å². The lowest BCUT2D eigenvalue weighted by Gasteiger charge is -2.10. The van der Waals surface area contributed by atoms with Crippen LogP contribution in [-0.4, -0.2) is 20.9 Å². The van der Waals surface area contributed by atoms with Crippen LogP contribution in [-0.2, 0) is 24.3 Å². The van der Waals surface area contributed by atoms with Gasteiger partial charge in [0.25, 0.3) is 0 Å². The normalized spacial score (nSPS) is 10.8. The van der Waals surface area contributed by atoms with E-state index in [-0.39, 0.29) is 6.42 Å². The van der Waals surface area contributed by atoms with Crippen LogP contribution in [0.5, 0.6) is 0 Å². The highest BCUT2D eigenvalue weighted by atomic mass is 16.4. The highest BCUT2D eigenvalue weighted by Gasteiger charge is 2.12. The van der Waals surface area contributed by atoms with E-state index in [1.807, 2.05) is 31.2 Å². The van der Waals surface area contributed by atoms with E-state index in [0.29, 0.717) is 13.0 Å². The zero-order valence-corrected chi connectivity index (χ0v) is 16.7. The average Bonchev–Trinajstić information content (AvgIpc) is 2.93. The van der Waals surface area contributed by atoms with Crippen molar-refractivity contribution in [3.63, 3.8) is 0 Å². The molecule has 0 aliphatic rings. The minimum Gasteiger partial charge on any atom is -0.481 e. The summed E-state index contributed by atoms with van der Waals surface area (Å²) in [5, 5.41) is 17.0. The predicted molar refractivity (Wildman–Crippen MR) is 112 cm³/mol. The summed E-state index contributed by atoms with van der Waals surface area (Å²) >= 11 is 0. The highest BCUT2D eigenvalue weighted by molar-refractivity contribution is 5.67. The molecule has 3 rings (SSSR count). The zero-order valence-electron chi connectivity index (χ0n) is 16.7. The predicted octanol–water partition coefficient (Wildman–Crippen LogP) is 4.49. The van der Waals surface area contributed by atoms with Crippen LogP contribution in [0.1, 0.15) is 40.1 Å². The van der Waals surface area contributed by atoms with Crippen LogP contribution in [0, 0.1) is 20.8 Å². The fraction of sp³-hybridized carbons (Fsp3) is 0.304. The Hall–Kier alpha value is -3.08. The highest BCUT2D eigenvalue weighted by Crippen LogP contribution is 2.18. The van der Waals surface area contributed by atoms with Gasteiger partial charge in [-0.1, -0.05) is 42.0 Å². The average molecular weight is 377 g/mol. The second-order valence-corrected chi connectivity index (χ2v) is 7.24. The first-order valence-corrected chi connectivity index (χ1v) is 9.55. The van der Waals surface area contributed by atoms with E-state index in [2.05, 4.69) is 48.1 Å². The molecular formula is C23H27N3O2. The van der Waals surface area contributed by atoms with Gasteiger partial charge in [0.05, 0.1) is 12.2 Å². The van der Waals surface area contributed by atoms with Crippen molar-refractivity contribution in [2.45, 2.75) is 46.7 Å². The van der Waals surface area contributed by atoms with Crippen LogP contribution in [0.3, 0.4) is 0 Å². The number of carboxylic acid groups (broad SMARTS) is 1.